The van der Waals surface area contributed by atoms with E-state index >= 15 is 0 Å². The number of hydrogen-bond donors (Lipinski definition) is 2. The number of hydrogen-bond acceptors (Lipinski definition) is 5. The van der Waals surface area contributed by atoms with Crippen LogP contribution in [-0.2, 0) is 30.5 Å². The van der Waals surface area contributed by atoms with Crippen LogP contribution in [0.2, 0.25) is 0 Å². The molecule has 30 heavy (non-hydrogen) atoms. The Morgan fingerprint density at radius 1 is 1.10 bits per heavy atom. The molecule has 3 heterocycles. The van der Waals surface area contributed by atoms with E-state index in [0.717, 1.165) is 60.6 Å². The number of anilines is 1. The van der Waals surface area contributed by atoms with Crippen molar-refractivity contribution in [1.82, 2.24) is 9.97 Å². The Balaban J connectivity index is 1.33. The molecule has 5 nitrogen and oxygen atoms in total. The lowest BCUT2D eigenvalue weighted by Gasteiger charge is -2.17. The van der Waals surface area contributed by atoms with E-state index in [4.69, 9.17) is 9.97 Å². The summed E-state index contributed by atoms with van der Waals surface area (Å²) in [6.07, 6.45) is 5.88. The van der Waals surface area contributed by atoms with Gasteiger partial charge in [-0.3, -0.25) is 9.78 Å². The summed E-state index contributed by atoms with van der Waals surface area (Å²) in [6.45, 7) is 1.04. The van der Waals surface area contributed by atoms with Gasteiger partial charge in [0.15, 0.2) is 0 Å². The second-order valence-corrected chi connectivity index (χ2v) is 8.77. The topological polar surface area (TPSA) is 75.1 Å². The van der Waals surface area contributed by atoms with Crippen LogP contribution in [0.4, 0.5) is 5.69 Å². The molecule has 0 spiro atoms. The zero-order valence-corrected chi connectivity index (χ0v) is 17.8. The molecule has 0 amide bonds. The van der Waals surface area contributed by atoms with Crippen LogP contribution in [0, 0.1) is 0 Å². The highest BCUT2D eigenvalue weighted by atomic mass is 32.1. The smallest absolute Gasteiger partial charge is 0.303 e. The maximum Gasteiger partial charge on any atom is 0.303 e. The van der Waals surface area contributed by atoms with Crippen LogP contribution in [0.5, 0.6) is 0 Å². The minimum absolute atomic E-state index is 0.0454. The van der Waals surface area contributed by atoms with Gasteiger partial charge in [0.1, 0.15) is 0 Å². The summed E-state index contributed by atoms with van der Waals surface area (Å²) in [5, 5.41) is 15.8. The van der Waals surface area contributed by atoms with Gasteiger partial charge in [-0.15, -0.1) is 11.3 Å². The fourth-order valence-corrected chi connectivity index (χ4v) is 4.89. The summed E-state index contributed by atoms with van der Waals surface area (Å²) in [4.78, 5) is 20.9. The predicted molar refractivity (Wildman–Crippen MR) is 120 cm³/mol. The highest BCUT2D eigenvalue weighted by Crippen LogP contribution is 2.26. The molecule has 4 rings (SSSR count). The number of benzene rings is 1. The number of thiazole rings is 1. The van der Waals surface area contributed by atoms with Crippen LogP contribution in [0.15, 0.2) is 47.8 Å². The van der Waals surface area contributed by atoms with E-state index in [-0.39, 0.29) is 12.3 Å². The Labute approximate surface area is 181 Å². The number of nitrogens with zero attached hydrogens (tertiary/aromatic N) is 2. The zero-order chi connectivity index (χ0) is 20.8. The summed E-state index contributed by atoms with van der Waals surface area (Å²) < 4.78 is 0. The molecule has 0 bridgehead atoms. The first-order valence-corrected chi connectivity index (χ1v) is 11.5. The summed E-state index contributed by atoms with van der Waals surface area (Å²) in [5.41, 5.74) is 5.68. The molecular formula is C24H27N3O2S. The predicted octanol–water partition coefficient (Wildman–Crippen LogP) is 4.87. The van der Waals surface area contributed by atoms with Crippen molar-refractivity contribution in [2.75, 3.05) is 11.9 Å². The van der Waals surface area contributed by atoms with E-state index < -0.39 is 5.97 Å². The number of aliphatic carboxylic acids is 1. The van der Waals surface area contributed by atoms with E-state index in [2.05, 4.69) is 22.8 Å². The van der Waals surface area contributed by atoms with Gasteiger partial charge in [0.2, 0.25) is 0 Å². The van der Waals surface area contributed by atoms with E-state index in [1.165, 1.54) is 11.4 Å². The molecule has 1 aliphatic rings. The standard InChI is InChI=1S/C24H27N3O2S/c28-24(29)15-18(17-6-2-1-3-7-17)14-23-27-20(16-30-23)9-4-8-19-11-12-21-22(26-19)10-5-13-25-21/h1-3,6-7,11-12,16,18,25H,4-5,8-10,13-15H2,(H,28,29). The number of carbonyl (C=O) groups is 1. The highest BCUT2D eigenvalue weighted by Gasteiger charge is 2.18. The second-order valence-electron chi connectivity index (χ2n) is 7.82. The Morgan fingerprint density at radius 2 is 1.93 bits per heavy atom. The molecule has 0 saturated carbocycles. The van der Waals surface area contributed by atoms with Crippen LogP contribution in [-0.4, -0.2) is 27.6 Å². The summed E-state index contributed by atoms with van der Waals surface area (Å²) in [7, 11) is 0. The lowest BCUT2D eigenvalue weighted by Crippen LogP contribution is -2.13. The Bertz CT molecular complexity index is 987. The Morgan fingerprint density at radius 3 is 2.77 bits per heavy atom. The molecule has 3 aromatic rings. The minimum Gasteiger partial charge on any atom is -0.481 e. The molecular weight excluding hydrogens is 394 g/mol. The van der Waals surface area contributed by atoms with Gasteiger partial charge in [-0.05, 0) is 49.8 Å². The monoisotopic (exact) mass is 421 g/mol. The van der Waals surface area contributed by atoms with Gasteiger partial charge in [-0.1, -0.05) is 30.3 Å². The first-order valence-electron chi connectivity index (χ1n) is 10.6. The van der Waals surface area contributed by atoms with E-state index in [1.807, 2.05) is 30.3 Å². The number of aryl methyl sites for hydroxylation is 3. The number of carboxylic acid groups (broad SMARTS) is 1. The van der Waals surface area contributed by atoms with E-state index in [1.54, 1.807) is 11.3 Å². The molecule has 1 aliphatic heterocycles. The fraction of sp³-hybridized carbons (Fsp3) is 0.375. The first kappa shape index (κ1) is 20.5. The molecule has 1 unspecified atom stereocenters. The van der Waals surface area contributed by atoms with Gasteiger partial charge in [-0.2, -0.15) is 0 Å². The molecule has 0 radical (unpaired) electrons. The summed E-state index contributed by atoms with van der Waals surface area (Å²) >= 11 is 1.64. The third-order valence-corrected chi connectivity index (χ3v) is 6.44. The average Bonchev–Trinajstić information content (AvgIpc) is 3.21. The lowest BCUT2D eigenvalue weighted by atomic mass is 9.93. The second kappa shape index (κ2) is 9.85. The van der Waals surface area contributed by atoms with Crippen LogP contribution >= 0.6 is 11.3 Å². The van der Waals surface area contributed by atoms with Crippen molar-refractivity contribution >= 4 is 23.0 Å². The lowest BCUT2D eigenvalue weighted by molar-refractivity contribution is -0.137. The number of nitrogens with one attached hydrogen (secondary N) is 1. The molecule has 0 fully saturated rings. The number of rotatable bonds is 9. The fourth-order valence-electron chi connectivity index (χ4n) is 3.98. The van der Waals surface area contributed by atoms with Crippen LogP contribution < -0.4 is 5.32 Å². The van der Waals surface area contributed by atoms with Gasteiger partial charge >= 0.3 is 5.97 Å². The van der Waals surface area contributed by atoms with Gasteiger partial charge in [0, 0.05) is 30.0 Å². The zero-order valence-electron chi connectivity index (χ0n) is 17.0. The largest absolute Gasteiger partial charge is 0.481 e. The van der Waals surface area contributed by atoms with Crippen LogP contribution in [0.25, 0.3) is 0 Å². The summed E-state index contributed by atoms with van der Waals surface area (Å²) in [5.74, 6) is -0.815. The molecule has 0 aliphatic carbocycles. The van der Waals surface area contributed by atoms with Gasteiger partial charge in [0.25, 0.3) is 0 Å². The molecule has 156 valence electrons. The van der Waals surface area contributed by atoms with E-state index in [0.29, 0.717) is 6.42 Å². The third kappa shape index (κ3) is 5.45. The van der Waals surface area contributed by atoms with Crippen molar-refractivity contribution in [1.29, 1.82) is 0 Å². The SMILES string of the molecule is O=C(O)CC(Cc1nc(CCCc2ccc3c(n2)CCCN3)cs1)c1ccccc1. The van der Waals surface area contributed by atoms with Crippen molar-refractivity contribution in [2.45, 2.75) is 50.9 Å². The maximum atomic E-state index is 11.3. The van der Waals surface area contributed by atoms with Crippen LogP contribution in [0.3, 0.4) is 0 Å². The van der Waals surface area contributed by atoms with E-state index in [9.17, 15) is 9.90 Å². The average molecular weight is 422 g/mol. The molecule has 1 aromatic carbocycles. The molecule has 1 atom stereocenters. The normalized spacial score (nSPS) is 14.0. The van der Waals surface area contributed by atoms with Gasteiger partial charge < -0.3 is 10.4 Å². The number of carboxylic acids is 1. The van der Waals surface area contributed by atoms with Crippen molar-refractivity contribution in [3.8, 4) is 0 Å². The molecule has 0 saturated heterocycles. The highest BCUT2D eigenvalue weighted by molar-refractivity contribution is 7.09. The molecule has 2 aromatic heterocycles. The Kier molecular flexibility index (Phi) is 6.74. The number of fused-ring (bicyclic) bond motifs is 1. The minimum atomic E-state index is -0.770. The number of pyridine rings is 1. The van der Waals surface area contributed by atoms with Gasteiger partial charge in [-0.25, -0.2) is 4.98 Å². The quantitative estimate of drug-likeness (QED) is 0.515. The molecule has 2 N–H and O–H groups in total. The van der Waals surface area contributed by atoms with Crippen LogP contribution in [0.1, 0.15) is 52.8 Å². The van der Waals surface area contributed by atoms with Crippen molar-refractivity contribution in [3.63, 3.8) is 0 Å². The van der Waals surface area contributed by atoms with Crippen molar-refractivity contribution in [2.24, 2.45) is 0 Å². The maximum absolute atomic E-state index is 11.3. The first-order chi connectivity index (χ1) is 14.7. The molecule has 6 heteroatoms. The van der Waals surface area contributed by atoms with Gasteiger partial charge in [0.05, 0.1) is 28.5 Å². The Hall–Kier alpha value is -2.73. The third-order valence-electron chi connectivity index (χ3n) is 5.52. The number of aromatic nitrogens is 2. The van der Waals surface area contributed by atoms with Crippen molar-refractivity contribution < 1.29 is 9.90 Å². The van der Waals surface area contributed by atoms with Crippen molar-refractivity contribution in [3.05, 3.63) is 75.5 Å². The summed E-state index contributed by atoms with van der Waals surface area (Å²) in [6, 6.07) is 14.2.